The monoisotopic (exact) mass is 296 g/mol. The van der Waals surface area contributed by atoms with Crippen LogP contribution in [0.4, 0.5) is 0 Å². The molecule has 0 saturated heterocycles. The van der Waals surface area contributed by atoms with Crippen molar-refractivity contribution in [3.63, 3.8) is 0 Å². The van der Waals surface area contributed by atoms with Crippen molar-refractivity contribution in [1.29, 1.82) is 5.26 Å². The molecule has 0 amide bonds. The first-order valence-electron chi connectivity index (χ1n) is 5.89. The van der Waals surface area contributed by atoms with Crippen molar-refractivity contribution in [2.24, 2.45) is 0 Å². The molecule has 0 heterocycles. The van der Waals surface area contributed by atoms with Gasteiger partial charge in [0.25, 0.3) is 0 Å². The summed E-state index contributed by atoms with van der Waals surface area (Å²) in [5, 5.41) is 8.52. The summed E-state index contributed by atoms with van der Waals surface area (Å²) in [6, 6.07) is 8.04. The molecule has 0 spiro atoms. The first-order chi connectivity index (χ1) is 9.27. The maximum atomic E-state index is 12.2. The second-order valence-electron chi connectivity index (χ2n) is 4.34. The number of carbonyl (C=O) groups is 1. The van der Waals surface area contributed by atoms with Crippen molar-refractivity contribution < 1.29 is 17.9 Å². The highest BCUT2D eigenvalue weighted by Gasteiger charge is 2.24. The SMILES string of the molecule is Cc1ccc(S(=O)(=O)N(C)CC(=O)O[C@@H](C)C#N)cc1. The van der Waals surface area contributed by atoms with Gasteiger partial charge in [-0.15, -0.1) is 0 Å². The number of sulfonamides is 1. The summed E-state index contributed by atoms with van der Waals surface area (Å²) in [7, 11) is -2.46. The fourth-order valence-corrected chi connectivity index (χ4v) is 2.53. The number of rotatable bonds is 5. The molecule has 20 heavy (non-hydrogen) atoms. The molecule has 1 aromatic rings. The number of hydrogen-bond donors (Lipinski definition) is 0. The summed E-state index contributed by atoms with van der Waals surface area (Å²) >= 11 is 0. The molecule has 0 saturated carbocycles. The van der Waals surface area contributed by atoms with E-state index in [-0.39, 0.29) is 4.90 Å². The number of nitriles is 1. The molecule has 1 aromatic carbocycles. The molecule has 0 aliphatic rings. The fourth-order valence-electron chi connectivity index (χ4n) is 1.42. The minimum Gasteiger partial charge on any atom is -0.446 e. The van der Waals surface area contributed by atoms with E-state index in [2.05, 4.69) is 0 Å². The van der Waals surface area contributed by atoms with Crippen LogP contribution < -0.4 is 0 Å². The Balaban J connectivity index is 2.80. The zero-order valence-corrected chi connectivity index (χ0v) is 12.3. The predicted octanol–water partition coefficient (Wildman–Crippen LogP) is 1.07. The van der Waals surface area contributed by atoms with Gasteiger partial charge in [0, 0.05) is 7.05 Å². The molecule has 0 bridgehead atoms. The first-order valence-corrected chi connectivity index (χ1v) is 7.33. The number of aryl methyl sites for hydroxylation is 1. The van der Waals surface area contributed by atoms with E-state index in [1.54, 1.807) is 18.2 Å². The Morgan fingerprint density at radius 1 is 1.40 bits per heavy atom. The molecule has 0 unspecified atom stereocenters. The van der Waals surface area contributed by atoms with Crippen LogP contribution in [0.5, 0.6) is 0 Å². The van der Waals surface area contributed by atoms with Crippen molar-refractivity contribution in [2.45, 2.75) is 24.8 Å². The van der Waals surface area contributed by atoms with Crippen LogP contribution in [-0.4, -0.2) is 38.4 Å². The van der Waals surface area contributed by atoms with Crippen molar-refractivity contribution in [2.75, 3.05) is 13.6 Å². The number of ether oxygens (including phenoxy) is 1. The molecule has 1 rings (SSSR count). The van der Waals surface area contributed by atoms with E-state index in [1.807, 2.05) is 6.92 Å². The van der Waals surface area contributed by atoms with Gasteiger partial charge in [0.1, 0.15) is 12.6 Å². The average molecular weight is 296 g/mol. The second-order valence-corrected chi connectivity index (χ2v) is 6.38. The van der Waals surface area contributed by atoms with Crippen LogP contribution in [0.3, 0.4) is 0 Å². The number of carbonyl (C=O) groups excluding carboxylic acids is 1. The van der Waals surface area contributed by atoms with Gasteiger partial charge in [0.05, 0.1) is 4.90 Å². The summed E-state index contributed by atoms with van der Waals surface area (Å²) < 4.78 is 30.0. The topological polar surface area (TPSA) is 87.5 Å². The summed E-state index contributed by atoms with van der Waals surface area (Å²) in [5.74, 6) is -0.766. The van der Waals surface area contributed by atoms with Gasteiger partial charge in [-0.05, 0) is 26.0 Å². The number of hydrogen-bond acceptors (Lipinski definition) is 5. The van der Waals surface area contributed by atoms with Crippen LogP contribution in [0.25, 0.3) is 0 Å². The minimum absolute atomic E-state index is 0.103. The Hall–Kier alpha value is -1.91. The predicted molar refractivity (Wildman–Crippen MR) is 72.2 cm³/mol. The third-order valence-corrected chi connectivity index (χ3v) is 4.39. The minimum atomic E-state index is -3.74. The van der Waals surface area contributed by atoms with Crippen LogP contribution in [-0.2, 0) is 19.6 Å². The third-order valence-electron chi connectivity index (χ3n) is 2.57. The highest BCUT2D eigenvalue weighted by Crippen LogP contribution is 2.14. The van der Waals surface area contributed by atoms with Crippen LogP contribution in [0.1, 0.15) is 12.5 Å². The molecule has 0 aliphatic carbocycles. The molecule has 0 aromatic heterocycles. The maximum absolute atomic E-state index is 12.2. The van der Waals surface area contributed by atoms with Gasteiger partial charge in [0.2, 0.25) is 10.0 Å². The quantitative estimate of drug-likeness (QED) is 0.758. The van der Waals surface area contributed by atoms with Gasteiger partial charge in [-0.25, -0.2) is 8.42 Å². The average Bonchev–Trinajstić information content (AvgIpc) is 2.38. The Kier molecular flexibility index (Phi) is 5.25. The highest BCUT2D eigenvalue weighted by molar-refractivity contribution is 7.89. The van der Waals surface area contributed by atoms with Crippen molar-refractivity contribution in [3.8, 4) is 6.07 Å². The Morgan fingerprint density at radius 2 is 1.95 bits per heavy atom. The summed E-state index contributed by atoms with van der Waals surface area (Å²) in [5.41, 5.74) is 0.939. The molecular weight excluding hydrogens is 280 g/mol. The van der Waals surface area contributed by atoms with Crippen LogP contribution in [0.2, 0.25) is 0 Å². The summed E-state index contributed by atoms with van der Waals surface area (Å²) in [6.45, 7) is 2.81. The van der Waals surface area contributed by atoms with Crippen molar-refractivity contribution in [3.05, 3.63) is 29.8 Å². The molecule has 6 nitrogen and oxygen atoms in total. The van der Waals surface area contributed by atoms with E-state index in [9.17, 15) is 13.2 Å². The van der Waals surface area contributed by atoms with Gasteiger partial charge in [-0.2, -0.15) is 9.57 Å². The van der Waals surface area contributed by atoms with E-state index in [4.69, 9.17) is 10.00 Å². The number of likely N-dealkylation sites (N-methyl/N-ethyl adjacent to an activating group) is 1. The first kappa shape index (κ1) is 16.1. The molecule has 0 N–H and O–H groups in total. The molecule has 1 atom stereocenters. The maximum Gasteiger partial charge on any atom is 0.322 e. The summed E-state index contributed by atoms with van der Waals surface area (Å²) in [6.07, 6.45) is -0.905. The zero-order valence-electron chi connectivity index (χ0n) is 11.5. The Bertz CT molecular complexity index is 617. The van der Waals surface area contributed by atoms with Crippen molar-refractivity contribution in [1.82, 2.24) is 4.31 Å². The summed E-state index contributed by atoms with van der Waals surface area (Å²) in [4.78, 5) is 11.6. The highest BCUT2D eigenvalue weighted by atomic mass is 32.2. The van der Waals surface area contributed by atoms with E-state index in [1.165, 1.54) is 26.1 Å². The number of nitrogens with zero attached hydrogens (tertiary/aromatic N) is 2. The van der Waals surface area contributed by atoms with E-state index in [0.29, 0.717) is 0 Å². The number of esters is 1. The van der Waals surface area contributed by atoms with Crippen LogP contribution in [0.15, 0.2) is 29.2 Å². The lowest BCUT2D eigenvalue weighted by Gasteiger charge is -2.17. The van der Waals surface area contributed by atoms with Gasteiger partial charge >= 0.3 is 5.97 Å². The van der Waals surface area contributed by atoms with Gasteiger partial charge in [-0.3, -0.25) is 4.79 Å². The molecule has 0 aliphatic heterocycles. The standard InChI is InChI=1S/C13H16N2O4S/c1-10-4-6-12(7-5-10)20(17,18)15(3)9-13(16)19-11(2)8-14/h4-7,11H,9H2,1-3H3/t11-/m0/s1. The lowest BCUT2D eigenvalue weighted by molar-refractivity contribution is -0.145. The van der Waals surface area contributed by atoms with E-state index < -0.39 is 28.6 Å². The smallest absolute Gasteiger partial charge is 0.322 e. The molecule has 108 valence electrons. The Morgan fingerprint density at radius 3 is 2.45 bits per heavy atom. The van der Waals surface area contributed by atoms with Gasteiger partial charge < -0.3 is 4.74 Å². The molecule has 0 radical (unpaired) electrons. The number of benzene rings is 1. The van der Waals surface area contributed by atoms with Crippen LogP contribution in [0, 0.1) is 18.3 Å². The fraction of sp³-hybridized carbons (Fsp3) is 0.385. The van der Waals surface area contributed by atoms with E-state index >= 15 is 0 Å². The Labute approximate surface area is 118 Å². The molecular formula is C13H16N2O4S. The second kappa shape index (κ2) is 6.50. The van der Waals surface area contributed by atoms with Gasteiger partial charge in [0.15, 0.2) is 6.10 Å². The lowest BCUT2D eigenvalue weighted by Crippen LogP contribution is -2.34. The van der Waals surface area contributed by atoms with Gasteiger partial charge in [-0.1, -0.05) is 17.7 Å². The third kappa shape index (κ3) is 4.05. The van der Waals surface area contributed by atoms with E-state index in [0.717, 1.165) is 9.87 Å². The normalized spacial score (nSPS) is 12.8. The largest absolute Gasteiger partial charge is 0.446 e. The van der Waals surface area contributed by atoms with Crippen molar-refractivity contribution >= 4 is 16.0 Å². The molecule has 7 heteroatoms. The lowest BCUT2D eigenvalue weighted by atomic mass is 10.2. The zero-order chi connectivity index (χ0) is 15.3. The molecule has 0 fully saturated rings. The van der Waals surface area contributed by atoms with Crippen LogP contribution >= 0.6 is 0 Å².